The molecule has 12 nitrogen and oxygen atoms in total. The number of fused-ring (bicyclic) bond motifs is 2. The van der Waals surface area contributed by atoms with Gasteiger partial charge in [-0.25, -0.2) is 0 Å². The molecule has 0 aromatic heterocycles. The lowest BCUT2D eigenvalue weighted by Crippen LogP contribution is -2.48. The SMILES string of the molecule is CC(N)(CO)C(=O)O.Cc1ccc(C=O)cc1/C=C/c1cccc(-c2ccc3c(c2)OCCO3)c1C.Cc1ccc(CCC(C)(CO)C(=O)O)cc1/C=C/c1cccc(-c2ccc3c(c2)OCCO3)c1C. The van der Waals surface area contributed by atoms with E-state index in [2.05, 4.69) is 106 Å². The average Bonchev–Trinajstić information content (AvgIpc) is 3.38. The Hall–Kier alpha value is -7.51. The first-order valence-corrected chi connectivity index (χ1v) is 23.4. The summed E-state index contributed by atoms with van der Waals surface area (Å²) in [5.41, 5.74) is 17.7. The van der Waals surface area contributed by atoms with E-state index in [1.54, 1.807) is 6.92 Å². The Morgan fingerprint density at radius 3 is 1.46 bits per heavy atom. The normalized spacial score (nSPS) is 14.3. The van der Waals surface area contributed by atoms with Crippen molar-refractivity contribution in [1.29, 1.82) is 0 Å². The number of hydrogen-bond acceptors (Lipinski definition) is 10. The summed E-state index contributed by atoms with van der Waals surface area (Å²) < 4.78 is 22.8. The molecule has 6 N–H and O–H groups in total. The van der Waals surface area contributed by atoms with Gasteiger partial charge in [-0.2, -0.15) is 0 Å². The van der Waals surface area contributed by atoms with Gasteiger partial charge in [0.25, 0.3) is 0 Å². The molecular formula is C59H63NO11. The molecule has 8 rings (SSSR count). The van der Waals surface area contributed by atoms with E-state index in [1.165, 1.54) is 18.1 Å². The van der Waals surface area contributed by atoms with Crippen molar-refractivity contribution in [3.05, 3.63) is 165 Å². The third kappa shape index (κ3) is 13.4. The van der Waals surface area contributed by atoms with Crippen LogP contribution in [-0.4, -0.2) is 83.8 Å². The minimum atomic E-state index is -1.49. The highest BCUT2D eigenvalue weighted by Crippen LogP contribution is 2.38. The Labute approximate surface area is 415 Å². The molecule has 71 heavy (non-hydrogen) atoms. The molecule has 370 valence electrons. The summed E-state index contributed by atoms with van der Waals surface area (Å²) in [4.78, 5) is 32.5. The van der Waals surface area contributed by atoms with E-state index >= 15 is 0 Å². The van der Waals surface area contributed by atoms with E-state index in [0.717, 1.165) is 90.5 Å². The molecule has 0 radical (unpaired) electrons. The first-order chi connectivity index (χ1) is 34.0. The molecule has 12 heteroatoms. The smallest absolute Gasteiger partial charge is 0.325 e. The van der Waals surface area contributed by atoms with Crippen molar-refractivity contribution in [1.82, 2.24) is 0 Å². The highest BCUT2D eigenvalue weighted by atomic mass is 16.6. The third-order valence-corrected chi connectivity index (χ3v) is 12.8. The van der Waals surface area contributed by atoms with Crippen LogP contribution in [0, 0.1) is 33.1 Å². The molecule has 0 saturated heterocycles. The zero-order valence-corrected chi connectivity index (χ0v) is 41.2. The van der Waals surface area contributed by atoms with Crippen molar-refractivity contribution in [2.75, 3.05) is 39.6 Å². The van der Waals surface area contributed by atoms with Crippen molar-refractivity contribution >= 4 is 42.5 Å². The number of ether oxygens (including phenoxy) is 4. The molecule has 6 aromatic rings. The summed E-state index contributed by atoms with van der Waals surface area (Å²) in [5.74, 6) is 0.994. The Bertz CT molecular complexity index is 2930. The molecule has 0 saturated carbocycles. The number of aryl methyl sites for hydroxylation is 3. The van der Waals surface area contributed by atoms with Crippen LogP contribution >= 0.6 is 0 Å². The molecule has 2 unspecified atom stereocenters. The second kappa shape index (κ2) is 23.9. The van der Waals surface area contributed by atoms with Gasteiger partial charge in [0.2, 0.25) is 0 Å². The average molecular weight is 962 g/mol. The number of carbonyl (C=O) groups is 3. The molecule has 0 spiro atoms. The van der Waals surface area contributed by atoms with Crippen molar-refractivity contribution in [2.45, 2.75) is 59.9 Å². The zero-order valence-electron chi connectivity index (χ0n) is 41.2. The number of hydrogen-bond donors (Lipinski definition) is 5. The monoisotopic (exact) mass is 961 g/mol. The van der Waals surface area contributed by atoms with Crippen LogP contribution in [0.5, 0.6) is 23.0 Å². The lowest BCUT2D eigenvalue weighted by molar-refractivity contribution is -0.150. The molecule has 2 aliphatic heterocycles. The Balaban J connectivity index is 0.000000205. The molecule has 0 bridgehead atoms. The van der Waals surface area contributed by atoms with E-state index in [4.69, 9.17) is 34.9 Å². The number of aliphatic hydroxyl groups excluding tert-OH is 2. The molecule has 2 atom stereocenters. The van der Waals surface area contributed by atoms with E-state index in [9.17, 15) is 24.6 Å². The maximum atomic E-state index is 11.5. The summed E-state index contributed by atoms with van der Waals surface area (Å²) >= 11 is 0. The second-order valence-corrected chi connectivity index (χ2v) is 18.3. The first kappa shape index (κ1) is 52.9. The standard InChI is InChI=1S/C30H32O5.C25H22O3.C4H9NO3/c1-20-7-8-22(13-14-30(3,19-31)29(32)33)17-24(20)10-9-23-5-4-6-26(21(23)2)25-11-12-27-28(18-25)35-16-15-34-27;1-17-6-7-19(16-26)14-21(17)9-8-20-4-3-5-23(18(20)2)22-10-11-24-25(15-22)28-13-12-27-24;1-4(5,2-6)3(7)8/h4-12,17-18,31H,13-16,19H2,1-3H3,(H,32,33);3-11,14-16H,12-13H2,1-2H3;6H,2,5H2,1H3,(H,7,8)/b10-9+;9-8+;. The number of carboxylic acids is 2. The van der Waals surface area contributed by atoms with Crippen molar-refractivity contribution in [2.24, 2.45) is 11.1 Å². The van der Waals surface area contributed by atoms with E-state index in [1.807, 2.05) is 55.5 Å². The number of carboxylic acid groups (broad SMARTS) is 2. The number of carbonyl (C=O) groups excluding carboxylic acids is 1. The van der Waals surface area contributed by atoms with Gasteiger partial charge in [-0.3, -0.25) is 14.4 Å². The van der Waals surface area contributed by atoms with Gasteiger partial charge in [-0.05, 0) is 157 Å². The molecule has 0 amide bonds. The zero-order chi connectivity index (χ0) is 51.3. The predicted octanol–water partition coefficient (Wildman–Crippen LogP) is 10.4. The third-order valence-electron chi connectivity index (χ3n) is 12.8. The van der Waals surface area contributed by atoms with E-state index < -0.39 is 29.5 Å². The quantitative estimate of drug-likeness (QED) is 0.0513. The van der Waals surface area contributed by atoms with E-state index in [0.29, 0.717) is 44.8 Å². The summed E-state index contributed by atoms with van der Waals surface area (Å²) in [6.07, 6.45) is 10.2. The fourth-order valence-corrected chi connectivity index (χ4v) is 7.75. The number of aldehydes is 1. The van der Waals surface area contributed by atoms with Gasteiger partial charge in [0.15, 0.2) is 23.0 Å². The Morgan fingerprint density at radius 2 is 1.03 bits per heavy atom. The number of nitrogens with two attached hydrogens (primary N) is 1. The fourth-order valence-electron chi connectivity index (χ4n) is 7.75. The molecule has 0 aliphatic carbocycles. The van der Waals surface area contributed by atoms with Gasteiger partial charge >= 0.3 is 11.9 Å². The molecule has 6 aromatic carbocycles. The summed E-state index contributed by atoms with van der Waals surface area (Å²) in [7, 11) is 0. The first-order valence-electron chi connectivity index (χ1n) is 23.4. The number of rotatable bonds is 14. The van der Waals surface area contributed by atoms with Crippen LogP contribution in [0.3, 0.4) is 0 Å². The lowest BCUT2D eigenvalue weighted by atomic mass is 9.84. The molecule has 0 fully saturated rings. The summed E-state index contributed by atoms with van der Waals surface area (Å²) in [6.45, 7) is 12.6. The van der Waals surface area contributed by atoms with Gasteiger partial charge in [0.1, 0.15) is 38.3 Å². The van der Waals surface area contributed by atoms with Crippen LogP contribution in [-0.2, 0) is 16.0 Å². The second-order valence-electron chi connectivity index (χ2n) is 18.3. The molecular weight excluding hydrogens is 899 g/mol. The van der Waals surface area contributed by atoms with Crippen LogP contribution < -0.4 is 24.7 Å². The number of benzene rings is 6. The largest absolute Gasteiger partial charge is 0.486 e. The summed E-state index contributed by atoms with van der Waals surface area (Å²) in [5, 5.41) is 35.4. The van der Waals surface area contributed by atoms with Crippen molar-refractivity contribution < 1.29 is 53.8 Å². The Kier molecular flexibility index (Phi) is 17.8. The van der Waals surface area contributed by atoms with Gasteiger partial charge in [0.05, 0.1) is 18.6 Å². The van der Waals surface area contributed by atoms with Crippen LogP contribution in [0.4, 0.5) is 0 Å². The topological polar surface area (TPSA) is 195 Å². The van der Waals surface area contributed by atoms with Crippen LogP contribution in [0.25, 0.3) is 46.6 Å². The van der Waals surface area contributed by atoms with Gasteiger partial charge < -0.3 is 45.1 Å². The van der Waals surface area contributed by atoms with Crippen LogP contribution in [0.2, 0.25) is 0 Å². The molecule has 2 heterocycles. The van der Waals surface area contributed by atoms with Crippen molar-refractivity contribution in [3.63, 3.8) is 0 Å². The van der Waals surface area contributed by atoms with Gasteiger partial charge in [-0.1, -0.05) is 103 Å². The highest BCUT2D eigenvalue weighted by Gasteiger charge is 2.32. The predicted molar refractivity (Wildman–Crippen MR) is 279 cm³/mol. The van der Waals surface area contributed by atoms with Gasteiger partial charge in [0, 0.05) is 5.56 Å². The number of aliphatic hydroxyl groups is 2. The van der Waals surface area contributed by atoms with Crippen LogP contribution in [0.15, 0.2) is 109 Å². The maximum absolute atomic E-state index is 11.5. The maximum Gasteiger partial charge on any atom is 0.325 e. The molecule has 2 aliphatic rings. The minimum absolute atomic E-state index is 0.375. The number of aliphatic carboxylic acids is 2. The van der Waals surface area contributed by atoms with Gasteiger partial charge in [-0.15, -0.1) is 0 Å². The highest BCUT2D eigenvalue weighted by molar-refractivity contribution is 5.83. The van der Waals surface area contributed by atoms with Crippen LogP contribution in [0.1, 0.15) is 80.7 Å². The summed E-state index contributed by atoms with van der Waals surface area (Å²) in [6, 6.07) is 36.6. The minimum Gasteiger partial charge on any atom is -0.486 e. The van der Waals surface area contributed by atoms with Crippen molar-refractivity contribution in [3.8, 4) is 45.3 Å². The van der Waals surface area contributed by atoms with E-state index in [-0.39, 0.29) is 6.61 Å². The lowest BCUT2D eigenvalue weighted by Gasteiger charge is -2.21. The fraction of sp³-hybridized carbons (Fsp3) is 0.271. The Morgan fingerprint density at radius 1 is 0.563 bits per heavy atom.